The number of nitrogens with one attached hydrogen (secondary N) is 1. The number of carbonyl (C=O) groups is 1. The van der Waals surface area contributed by atoms with Crippen LogP contribution in [0.15, 0.2) is 36.5 Å². The molecule has 2 aromatic rings. The molecular weight excluding hydrogens is 386 g/mol. The quantitative estimate of drug-likeness (QED) is 0.694. The zero-order valence-corrected chi connectivity index (χ0v) is 18.9. The first-order valence-electron chi connectivity index (χ1n) is 11.7. The summed E-state index contributed by atoms with van der Waals surface area (Å²) in [6.07, 6.45) is 7.81. The van der Waals surface area contributed by atoms with E-state index in [2.05, 4.69) is 46.2 Å². The minimum Gasteiger partial charge on any atom is -0.375 e. The van der Waals surface area contributed by atoms with Gasteiger partial charge in [0.25, 0.3) is 0 Å². The molecule has 2 heterocycles. The van der Waals surface area contributed by atoms with Crippen molar-refractivity contribution in [1.82, 2.24) is 15.3 Å². The number of hydrogen-bond donors (Lipinski definition) is 1. The Kier molecular flexibility index (Phi) is 7.05. The fraction of sp³-hybridized carbons (Fsp3) is 0.560. The Labute approximate surface area is 186 Å². The van der Waals surface area contributed by atoms with Crippen LogP contribution in [0.5, 0.6) is 0 Å². The van der Waals surface area contributed by atoms with Gasteiger partial charge >= 0.3 is 0 Å². The molecule has 0 spiro atoms. The number of hydrogen-bond acceptors (Lipinski definition) is 5. The van der Waals surface area contributed by atoms with Gasteiger partial charge in [0.15, 0.2) is 0 Å². The van der Waals surface area contributed by atoms with Gasteiger partial charge < -0.3 is 15.1 Å². The molecule has 0 bridgehead atoms. The van der Waals surface area contributed by atoms with Gasteiger partial charge in [-0.2, -0.15) is 0 Å². The van der Waals surface area contributed by atoms with Gasteiger partial charge in [-0.15, -0.1) is 0 Å². The zero-order valence-electron chi connectivity index (χ0n) is 18.9. The van der Waals surface area contributed by atoms with Crippen LogP contribution in [-0.4, -0.2) is 49.1 Å². The first-order chi connectivity index (χ1) is 15.1. The molecular formula is C25H35N5O. The Morgan fingerprint density at radius 1 is 1.19 bits per heavy atom. The van der Waals surface area contributed by atoms with Crippen molar-refractivity contribution in [2.24, 2.45) is 11.8 Å². The first kappa shape index (κ1) is 21.6. The average molecular weight is 422 g/mol. The summed E-state index contributed by atoms with van der Waals surface area (Å²) in [5, 5.41) is 3.14. The molecule has 2 aliphatic rings. The predicted molar refractivity (Wildman–Crippen MR) is 125 cm³/mol. The lowest BCUT2D eigenvalue weighted by atomic mass is 9.86. The molecule has 4 rings (SSSR count). The van der Waals surface area contributed by atoms with E-state index in [0.717, 1.165) is 68.4 Å². The molecule has 1 aromatic heterocycles. The number of carbonyl (C=O) groups excluding carboxylic acids is 1. The SMILES string of the molecule is CC1CCN(c2ncc3c(n2)CCC(C(=O)NCCCN(C)c2ccccc2)C3)CC1. The fourth-order valence-electron chi connectivity index (χ4n) is 4.57. The van der Waals surface area contributed by atoms with E-state index in [4.69, 9.17) is 4.98 Å². The van der Waals surface area contributed by atoms with Crippen molar-refractivity contribution in [3.8, 4) is 0 Å². The van der Waals surface area contributed by atoms with E-state index in [1.165, 1.54) is 18.5 Å². The summed E-state index contributed by atoms with van der Waals surface area (Å²) in [5.41, 5.74) is 3.48. The van der Waals surface area contributed by atoms with Crippen LogP contribution in [0.4, 0.5) is 11.6 Å². The Balaban J connectivity index is 1.23. The number of amides is 1. The van der Waals surface area contributed by atoms with E-state index in [9.17, 15) is 4.79 Å². The molecule has 1 fully saturated rings. The summed E-state index contributed by atoms with van der Waals surface area (Å²) in [5.74, 6) is 1.87. The molecule has 31 heavy (non-hydrogen) atoms. The van der Waals surface area contributed by atoms with Gasteiger partial charge in [0.2, 0.25) is 11.9 Å². The van der Waals surface area contributed by atoms with Crippen LogP contribution in [0.1, 0.15) is 43.9 Å². The van der Waals surface area contributed by atoms with Crippen LogP contribution in [0.3, 0.4) is 0 Å². The Hall–Kier alpha value is -2.63. The zero-order chi connectivity index (χ0) is 21.6. The Morgan fingerprint density at radius 3 is 2.74 bits per heavy atom. The molecule has 1 aromatic carbocycles. The van der Waals surface area contributed by atoms with E-state index in [-0.39, 0.29) is 11.8 Å². The smallest absolute Gasteiger partial charge is 0.225 e. The highest BCUT2D eigenvalue weighted by Crippen LogP contribution is 2.27. The second-order valence-electron chi connectivity index (χ2n) is 9.15. The number of piperidine rings is 1. The highest BCUT2D eigenvalue weighted by molar-refractivity contribution is 5.79. The van der Waals surface area contributed by atoms with Crippen LogP contribution >= 0.6 is 0 Å². The molecule has 1 aliphatic heterocycles. The highest BCUT2D eigenvalue weighted by atomic mass is 16.1. The number of benzene rings is 1. The maximum absolute atomic E-state index is 12.7. The summed E-state index contributed by atoms with van der Waals surface area (Å²) in [6.45, 7) is 6.04. The maximum Gasteiger partial charge on any atom is 0.225 e. The van der Waals surface area contributed by atoms with E-state index in [1.807, 2.05) is 24.4 Å². The van der Waals surface area contributed by atoms with Gasteiger partial charge in [-0.3, -0.25) is 4.79 Å². The summed E-state index contributed by atoms with van der Waals surface area (Å²) >= 11 is 0. The first-order valence-corrected chi connectivity index (χ1v) is 11.7. The minimum atomic E-state index is 0.0321. The topological polar surface area (TPSA) is 61.4 Å². The Bertz CT molecular complexity index is 863. The third-order valence-electron chi connectivity index (χ3n) is 6.74. The molecule has 1 N–H and O–H groups in total. The molecule has 166 valence electrons. The van der Waals surface area contributed by atoms with Crippen molar-refractivity contribution in [2.45, 2.75) is 45.4 Å². The normalized spacial score (nSPS) is 19.0. The lowest BCUT2D eigenvalue weighted by Crippen LogP contribution is -2.37. The number of aryl methyl sites for hydroxylation is 1. The molecule has 1 atom stereocenters. The number of anilines is 2. The van der Waals surface area contributed by atoms with Gasteiger partial charge in [0, 0.05) is 56.7 Å². The van der Waals surface area contributed by atoms with Gasteiger partial charge in [-0.05, 0) is 62.1 Å². The second-order valence-corrected chi connectivity index (χ2v) is 9.15. The lowest BCUT2D eigenvalue weighted by Gasteiger charge is -2.31. The van der Waals surface area contributed by atoms with Crippen molar-refractivity contribution in [3.05, 3.63) is 47.8 Å². The van der Waals surface area contributed by atoms with Crippen molar-refractivity contribution >= 4 is 17.5 Å². The van der Waals surface area contributed by atoms with Crippen LogP contribution in [-0.2, 0) is 17.6 Å². The molecule has 1 aliphatic carbocycles. The molecule has 6 nitrogen and oxygen atoms in total. The third-order valence-corrected chi connectivity index (χ3v) is 6.74. The second kappa shape index (κ2) is 10.1. The van der Waals surface area contributed by atoms with E-state index in [0.29, 0.717) is 6.54 Å². The van der Waals surface area contributed by atoms with E-state index < -0.39 is 0 Å². The molecule has 6 heteroatoms. The van der Waals surface area contributed by atoms with Gasteiger partial charge in [0.1, 0.15) is 0 Å². The fourth-order valence-corrected chi connectivity index (χ4v) is 4.57. The van der Waals surface area contributed by atoms with E-state index in [1.54, 1.807) is 0 Å². The number of rotatable bonds is 7. The van der Waals surface area contributed by atoms with Crippen LogP contribution < -0.4 is 15.1 Å². The van der Waals surface area contributed by atoms with Crippen LogP contribution in [0, 0.1) is 11.8 Å². The van der Waals surface area contributed by atoms with Gasteiger partial charge in [-0.1, -0.05) is 25.1 Å². The number of fused-ring (bicyclic) bond motifs is 1. The number of para-hydroxylation sites is 1. The van der Waals surface area contributed by atoms with Crippen LogP contribution in [0.2, 0.25) is 0 Å². The molecule has 0 radical (unpaired) electrons. The molecule has 1 unspecified atom stereocenters. The number of nitrogens with zero attached hydrogens (tertiary/aromatic N) is 4. The largest absolute Gasteiger partial charge is 0.375 e. The summed E-state index contributed by atoms with van der Waals surface area (Å²) < 4.78 is 0. The van der Waals surface area contributed by atoms with Crippen molar-refractivity contribution in [1.29, 1.82) is 0 Å². The van der Waals surface area contributed by atoms with E-state index >= 15 is 0 Å². The standard InChI is InChI=1S/C25H35N5O/c1-19-11-15-30(16-12-19)25-27-18-21-17-20(9-10-23(21)28-25)24(31)26-13-6-14-29(2)22-7-4-3-5-8-22/h3-5,7-8,18-20H,6,9-17H2,1-2H3,(H,26,31). The Morgan fingerprint density at radius 2 is 1.97 bits per heavy atom. The molecule has 1 amide bonds. The van der Waals surface area contributed by atoms with Crippen molar-refractivity contribution in [3.63, 3.8) is 0 Å². The minimum absolute atomic E-state index is 0.0321. The summed E-state index contributed by atoms with van der Waals surface area (Å²) in [7, 11) is 2.09. The lowest BCUT2D eigenvalue weighted by molar-refractivity contribution is -0.125. The molecule has 1 saturated heterocycles. The summed E-state index contributed by atoms with van der Waals surface area (Å²) in [6, 6.07) is 10.3. The maximum atomic E-state index is 12.7. The predicted octanol–water partition coefficient (Wildman–Crippen LogP) is 3.46. The average Bonchev–Trinajstić information content (AvgIpc) is 2.82. The highest BCUT2D eigenvalue weighted by Gasteiger charge is 2.27. The van der Waals surface area contributed by atoms with Crippen molar-refractivity contribution < 1.29 is 4.79 Å². The number of aromatic nitrogens is 2. The third kappa shape index (κ3) is 5.54. The van der Waals surface area contributed by atoms with Crippen molar-refractivity contribution in [2.75, 3.05) is 43.0 Å². The van der Waals surface area contributed by atoms with Crippen LogP contribution in [0.25, 0.3) is 0 Å². The van der Waals surface area contributed by atoms with Gasteiger partial charge in [-0.25, -0.2) is 9.97 Å². The summed E-state index contributed by atoms with van der Waals surface area (Å²) in [4.78, 5) is 26.7. The molecule has 0 saturated carbocycles. The monoisotopic (exact) mass is 421 g/mol. The van der Waals surface area contributed by atoms with Gasteiger partial charge in [0.05, 0.1) is 0 Å².